The Morgan fingerprint density at radius 3 is 2.57 bits per heavy atom. The number of fused-ring (bicyclic) bond motifs is 1. The van der Waals surface area contributed by atoms with Crippen molar-refractivity contribution in [3.8, 4) is 5.75 Å². The predicted molar refractivity (Wildman–Crippen MR) is 121 cm³/mol. The van der Waals surface area contributed by atoms with E-state index in [0.29, 0.717) is 12.4 Å². The highest BCUT2D eigenvalue weighted by molar-refractivity contribution is 6.31. The van der Waals surface area contributed by atoms with Crippen molar-refractivity contribution >= 4 is 22.6 Å². The second kappa shape index (κ2) is 9.33. The first-order valence-corrected chi connectivity index (χ1v) is 10.6. The van der Waals surface area contributed by atoms with Gasteiger partial charge in [-0.2, -0.15) is 0 Å². The summed E-state index contributed by atoms with van der Waals surface area (Å²) in [4.78, 5) is 4.72. The molecule has 4 nitrogen and oxygen atoms in total. The van der Waals surface area contributed by atoms with Crippen LogP contribution in [0.3, 0.4) is 0 Å². The van der Waals surface area contributed by atoms with Gasteiger partial charge in [0.15, 0.2) is 0 Å². The molecule has 1 unspecified atom stereocenters. The highest BCUT2D eigenvalue weighted by atomic mass is 35.5. The van der Waals surface area contributed by atoms with Gasteiger partial charge in [-0.1, -0.05) is 54.1 Å². The van der Waals surface area contributed by atoms with Crippen LogP contribution < -0.4 is 4.74 Å². The highest BCUT2D eigenvalue weighted by Gasteiger charge is 2.19. The third-order valence-electron chi connectivity index (χ3n) is 5.22. The molecule has 1 atom stereocenters. The van der Waals surface area contributed by atoms with Crippen molar-refractivity contribution in [3.05, 3.63) is 94.8 Å². The van der Waals surface area contributed by atoms with Gasteiger partial charge in [0.25, 0.3) is 0 Å². The lowest BCUT2D eigenvalue weighted by Crippen LogP contribution is -2.11. The van der Waals surface area contributed by atoms with Crippen molar-refractivity contribution in [1.82, 2.24) is 9.55 Å². The first-order valence-electron chi connectivity index (χ1n) is 10.2. The molecule has 30 heavy (non-hydrogen) atoms. The van der Waals surface area contributed by atoms with Crippen LogP contribution in [0.4, 0.5) is 0 Å². The summed E-state index contributed by atoms with van der Waals surface area (Å²) in [5, 5.41) is 11.7. The minimum atomic E-state index is -0.758. The van der Waals surface area contributed by atoms with Gasteiger partial charge < -0.3 is 14.4 Å². The standard InChI is InChI=1S/C25H25ClN2O2/c1-18-17-20(13-14-21(18)26)30-16-8-7-15-28-23-12-6-5-11-22(23)27-25(28)24(29)19-9-3-2-4-10-19/h2-6,9-14,17,24,29H,7-8,15-16H2,1H3. The lowest BCUT2D eigenvalue weighted by Gasteiger charge is -2.14. The number of nitrogens with zero attached hydrogens (tertiary/aromatic N) is 2. The number of unbranched alkanes of at least 4 members (excludes halogenated alkanes) is 1. The van der Waals surface area contributed by atoms with Crippen LogP contribution in [0.5, 0.6) is 5.75 Å². The van der Waals surface area contributed by atoms with E-state index >= 15 is 0 Å². The Bertz CT molecular complexity index is 1120. The summed E-state index contributed by atoms with van der Waals surface area (Å²) in [5.74, 6) is 1.52. The number of aliphatic hydroxyl groups excluding tert-OH is 1. The molecular weight excluding hydrogens is 396 g/mol. The third-order valence-corrected chi connectivity index (χ3v) is 5.64. The smallest absolute Gasteiger partial charge is 0.143 e. The number of rotatable bonds is 8. The Morgan fingerprint density at radius 1 is 1.00 bits per heavy atom. The van der Waals surface area contributed by atoms with Crippen LogP contribution in [0.2, 0.25) is 5.02 Å². The van der Waals surface area contributed by atoms with Crippen molar-refractivity contribution in [2.45, 2.75) is 32.4 Å². The van der Waals surface area contributed by atoms with Gasteiger partial charge in [0.1, 0.15) is 17.7 Å². The van der Waals surface area contributed by atoms with E-state index in [-0.39, 0.29) is 0 Å². The number of para-hydroxylation sites is 2. The van der Waals surface area contributed by atoms with Gasteiger partial charge in [-0.15, -0.1) is 0 Å². The first-order chi connectivity index (χ1) is 14.6. The number of aliphatic hydroxyl groups is 1. The van der Waals surface area contributed by atoms with E-state index in [0.717, 1.165) is 52.3 Å². The van der Waals surface area contributed by atoms with Crippen molar-refractivity contribution in [1.29, 1.82) is 0 Å². The van der Waals surface area contributed by atoms with Crippen LogP contribution in [0.1, 0.15) is 35.9 Å². The number of hydrogen-bond donors (Lipinski definition) is 1. The fourth-order valence-corrected chi connectivity index (χ4v) is 3.71. The first kappa shape index (κ1) is 20.5. The molecule has 1 N–H and O–H groups in total. The van der Waals surface area contributed by atoms with Crippen molar-refractivity contribution in [3.63, 3.8) is 0 Å². The molecule has 0 saturated carbocycles. The van der Waals surface area contributed by atoms with E-state index in [1.54, 1.807) is 0 Å². The van der Waals surface area contributed by atoms with Gasteiger partial charge >= 0.3 is 0 Å². The Morgan fingerprint density at radius 2 is 1.77 bits per heavy atom. The van der Waals surface area contributed by atoms with E-state index in [1.807, 2.05) is 73.7 Å². The van der Waals surface area contributed by atoms with Crippen molar-refractivity contribution < 1.29 is 9.84 Å². The highest BCUT2D eigenvalue weighted by Crippen LogP contribution is 2.26. The number of hydrogen-bond acceptors (Lipinski definition) is 3. The molecule has 0 aliphatic heterocycles. The number of ether oxygens (including phenoxy) is 1. The zero-order chi connectivity index (χ0) is 20.9. The van der Waals surface area contributed by atoms with Crippen LogP contribution in [0, 0.1) is 6.92 Å². The van der Waals surface area contributed by atoms with Crippen molar-refractivity contribution in [2.24, 2.45) is 0 Å². The molecule has 5 heteroatoms. The SMILES string of the molecule is Cc1cc(OCCCCn2c(C(O)c3ccccc3)nc3ccccc32)ccc1Cl. The quantitative estimate of drug-likeness (QED) is 0.359. The van der Waals surface area contributed by atoms with Gasteiger partial charge in [0.2, 0.25) is 0 Å². The summed E-state index contributed by atoms with van der Waals surface area (Å²) in [5.41, 5.74) is 3.79. The number of aryl methyl sites for hydroxylation is 2. The summed E-state index contributed by atoms with van der Waals surface area (Å²) in [6.45, 7) is 3.37. The van der Waals surface area contributed by atoms with Crippen LogP contribution >= 0.6 is 11.6 Å². The molecule has 0 spiro atoms. The zero-order valence-electron chi connectivity index (χ0n) is 17.0. The van der Waals surface area contributed by atoms with Crippen LogP contribution in [0.25, 0.3) is 11.0 Å². The summed E-state index contributed by atoms with van der Waals surface area (Å²) in [6, 6.07) is 23.4. The number of aromatic nitrogens is 2. The maximum absolute atomic E-state index is 11.0. The summed E-state index contributed by atoms with van der Waals surface area (Å²) >= 11 is 6.07. The molecule has 3 aromatic carbocycles. The summed E-state index contributed by atoms with van der Waals surface area (Å²) in [7, 11) is 0. The molecular formula is C25H25ClN2O2. The second-order valence-electron chi connectivity index (χ2n) is 7.39. The maximum atomic E-state index is 11.0. The summed E-state index contributed by atoms with van der Waals surface area (Å²) in [6.07, 6.45) is 1.06. The second-order valence-corrected chi connectivity index (χ2v) is 7.80. The van der Waals surface area contributed by atoms with E-state index in [1.165, 1.54) is 0 Å². The molecule has 0 fully saturated rings. The van der Waals surface area contributed by atoms with E-state index < -0.39 is 6.10 Å². The minimum absolute atomic E-state index is 0.629. The van der Waals surface area contributed by atoms with E-state index in [2.05, 4.69) is 10.6 Å². The number of imidazole rings is 1. The molecule has 154 valence electrons. The molecule has 1 aromatic heterocycles. The van der Waals surface area contributed by atoms with Gasteiger partial charge in [0.05, 0.1) is 17.6 Å². The monoisotopic (exact) mass is 420 g/mol. The van der Waals surface area contributed by atoms with Gasteiger partial charge in [-0.25, -0.2) is 4.98 Å². The average Bonchev–Trinajstić information content (AvgIpc) is 3.14. The van der Waals surface area contributed by atoms with Gasteiger partial charge in [0, 0.05) is 11.6 Å². The Kier molecular flexibility index (Phi) is 6.36. The largest absolute Gasteiger partial charge is 0.494 e. The summed E-state index contributed by atoms with van der Waals surface area (Å²) < 4.78 is 7.99. The maximum Gasteiger partial charge on any atom is 0.143 e. The Balaban J connectivity index is 1.44. The van der Waals surface area contributed by atoms with Crippen LogP contribution in [-0.4, -0.2) is 21.3 Å². The molecule has 0 radical (unpaired) electrons. The van der Waals surface area contributed by atoms with E-state index in [9.17, 15) is 5.11 Å². The predicted octanol–water partition coefficient (Wildman–Crippen LogP) is 5.94. The van der Waals surface area contributed by atoms with Crippen LogP contribution in [-0.2, 0) is 6.54 Å². The van der Waals surface area contributed by atoms with E-state index in [4.69, 9.17) is 21.3 Å². The van der Waals surface area contributed by atoms with Gasteiger partial charge in [-0.3, -0.25) is 0 Å². The van der Waals surface area contributed by atoms with Crippen molar-refractivity contribution in [2.75, 3.05) is 6.61 Å². The third kappa shape index (κ3) is 4.50. The van der Waals surface area contributed by atoms with Crippen LogP contribution in [0.15, 0.2) is 72.8 Å². The normalized spacial score (nSPS) is 12.2. The minimum Gasteiger partial charge on any atom is -0.494 e. The molecule has 0 aliphatic rings. The number of benzene rings is 3. The molecule has 0 saturated heterocycles. The Labute approximate surface area is 181 Å². The van der Waals surface area contributed by atoms with Gasteiger partial charge in [-0.05, 0) is 61.2 Å². The molecule has 0 amide bonds. The fraction of sp³-hybridized carbons (Fsp3) is 0.240. The Hall–Kier alpha value is -2.82. The molecule has 1 heterocycles. The molecule has 0 aliphatic carbocycles. The zero-order valence-corrected chi connectivity index (χ0v) is 17.7. The molecule has 0 bridgehead atoms. The lowest BCUT2D eigenvalue weighted by molar-refractivity contribution is 0.204. The topological polar surface area (TPSA) is 47.3 Å². The number of halogens is 1. The fourth-order valence-electron chi connectivity index (χ4n) is 3.59. The molecule has 4 aromatic rings. The molecule has 4 rings (SSSR count). The average molecular weight is 421 g/mol. The lowest BCUT2D eigenvalue weighted by atomic mass is 10.1.